The second kappa shape index (κ2) is 10.5. The summed E-state index contributed by atoms with van der Waals surface area (Å²) < 4.78 is 5.15. The van der Waals surface area contributed by atoms with E-state index in [1.165, 1.54) is 11.6 Å². The van der Waals surface area contributed by atoms with Gasteiger partial charge in [0.05, 0.1) is 7.11 Å². The van der Waals surface area contributed by atoms with Crippen molar-refractivity contribution >= 4 is 23.7 Å². The van der Waals surface area contributed by atoms with Crippen LogP contribution in [0.5, 0.6) is 5.75 Å². The number of benzene rings is 1. The minimum atomic E-state index is -0.182. The van der Waals surface area contributed by atoms with E-state index in [2.05, 4.69) is 30.6 Å². The van der Waals surface area contributed by atoms with Gasteiger partial charge in [-0.25, -0.2) is 0 Å². The number of rotatable bonds is 7. The first-order valence-electron chi connectivity index (χ1n) is 14.1. The average Bonchev–Trinajstić information content (AvgIpc) is 3.28. The first-order chi connectivity index (χ1) is 18.2. The number of carbonyl (C=O) groups is 3. The fourth-order valence-electron chi connectivity index (χ4n) is 8.07. The molecule has 3 fully saturated rings. The fraction of sp³-hybridized carbons (Fsp3) is 0.531. The minimum absolute atomic E-state index is 0.0153. The Balaban J connectivity index is 1.12. The van der Waals surface area contributed by atoms with Crippen molar-refractivity contribution in [2.75, 3.05) is 20.2 Å². The van der Waals surface area contributed by atoms with Crippen molar-refractivity contribution in [1.29, 1.82) is 0 Å². The molecule has 38 heavy (non-hydrogen) atoms. The van der Waals surface area contributed by atoms with Gasteiger partial charge in [0.2, 0.25) is 11.8 Å². The Hall–Kier alpha value is -3.15. The number of hydrogen-bond donors (Lipinski definition) is 2. The summed E-state index contributed by atoms with van der Waals surface area (Å²) in [6, 6.07) is 7.49. The average molecular weight is 517 g/mol. The van der Waals surface area contributed by atoms with E-state index in [1.54, 1.807) is 19.3 Å². The summed E-state index contributed by atoms with van der Waals surface area (Å²) in [6.45, 7) is 5.48. The lowest BCUT2D eigenvalue weighted by molar-refractivity contribution is -0.131. The number of methoxy groups -OCH3 is 1. The zero-order valence-corrected chi connectivity index (χ0v) is 22.8. The van der Waals surface area contributed by atoms with Crippen LogP contribution < -0.4 is 15.4 Å². The van der Waals surface area contributed by atoms with Gasteiger partial charge in [-0.3, -0.25) is 14.4 Å². The number of allylic oxidation sites excluding steroid dienone is 4. The van der Waals surface area contributed by atoms with Crippen molar-refractivity contribution in [3.8, 4) is 5.75 Å². The molecule has 6 heteroatoms. The van der Waals surface area contributed by atoms with Gasteiger partial charge in [0, 0.05) is 30.5 Å². The predicted octanol–water partition coefficient (Wildman–Crippen LogP) is 4.86. The lowest BCUT2D eigenvalue weighted by Gasteiger charge is -2.56. The molecule has 0 bridgehead atoms. The van der Waals surface area contributed by atoms with E-state index in [9.17, 15) is 14.4 Å². The zero-order valence-electron chi connectivity index (χ0n) is 22.8. The van der Waals surface area contributed by atoms with Crippen molar-refractivity contribution in [2.24, 2.45) is 34.5 Å². The van der Waals surface area contributed by atoms with E-state index in [0.29, 0.717) is 30.8 Å². The van der Waals surface area contributed by atoms with Gasteiger partial charge in [-0.2, -0.15) is 0 Å². The summed E-state index contributed by atoms with van der Waals surface area (Å²) in [4.78, 5) is 37.5. The molecule has 5 rings (SSSR count). The quantitative estimate of drug-likeness (QED) is 0.400. The molecule has 202 valence electrons. The lowest BCUT2D eigenvalue weighted by Crippen LogP contribution is -2.51. The highest BCUT2D eigenvalue weighted by molar-refractivity contribution is 6.01. The molecule has 6 atom stereocenters. The summed E-state index contributed by atoms with van der Waals surface area (Å²) in [5.74, 6) is 2.56. The van der Waals surface area contributed by atoms with Crippen LogP contribution in [-0.2, 0) is 14.4 Å². The smallest absolute Gasteiger partial charge is 0.244 e. The van der Waals surface area contributed by atoms with Crippen molar-refractivity contribution in [3.05, 3.63) is 59.7 Å². The second-order valence-electron chi connectivity index (χ2n) is 12.0. The molecule has 0 unspecified atom stereocenters. The highest BCUT2D eigenvalue weighted by atomic mass is 16.5. The maximum atomic E-state index is 13.3. The monoisotopic (exact) mass is 516 g/mol. The molecule has 2 amide bonds. The number of nitrogens with one attached hydrogen (secondary N) is 2. The number of carbonyl (C=O) groups excluding carboxylic acids is 3. The van der Waals surface area contributed by atoms with Gasteiger partial charge >= 0.3 is 0 Å². The highest BCUT2D eigenvalue weighted by Crippen LogP contribution is 2.65. The third kappa shape index (κ3) is 4.85. The number of hydrogen-bond acceptors (Lipinski definition) is 4. The summed E-state index contributed by atoms with van der Waals surface area (Å²) >= 11 is 0. The van der Waals surface area contributed by atoms with Gasteiger partial charge in [0.1, 0.15) is 5.75 Å². The van der Waals surface area contributed by atoms with Crippen LogP contribution in [0, 0.1) is 34.5 Å². The molecule has 0 heterocycles. The molecule has 2 N–H and O–H groups in total. The first kappa shape index (κ1) is 26.5. The van der Waals surface area contributed by atoms with Crippen LogP contribution >= 0.6 is 0 Å². The number of ketones is 1. The first-order valence-corrected chi connectivity index (χ1v) is 14.1. The second-order valence-corrected chi connectivity index (χ2v) is 12.0. The van der Waals surface area contributed by atoms with E-state index in [1.807, 2.05) is 30.3 Å². The van der Waals surface area contributed by atoms with Gasteiger partial charge in [-0.05, 0) is 97.6 Å². The SMILES string of the molecule is COc1ccc(/C=C/C(=O)NCCNC(=O)[C@H]2CC[C@H]3[C@@H]4CCC5=CC(=O)C=C[C@]5(C)[C@H]4CC[C@]23C)cc1. The number of ether oxygens (including phenoxy) is 1. The molecule has 4 aliphatic carbocycles. The largest absolute Gasteiger partial charge is 0.497 e. The molecule has 0 saturated heterocycles. The summed E-state index contributed by atoms with van der Waals surface area (Å²) in [5.41, 5.74) is 2.23. The van der Waals surface area contributed by atoms with Crippen LogP contribution in [-0.4, -0.2) is 37.8 Å². The normalized spacial score (nSPS) is 33.7. The molecule has 1 aromatic carbocycles. The van der Waals surface area contributed by atoms with Crippen molar-refractivity contribution < 1.29 is 19.1 Å². The van der Waals surface area contributed by atoms with E-state index in [4.69, 9.17) is 4.74 Å². The van der Waals surface area contributed by atoms with E-state index < -0.39 is 0 Å². The molecule has 1 aromatic rings. The Bertz CT molecular complexity index is 1180. The molecule has 0 aromatic heterocycles. The van der Waals surface area contributed by atoms with Crippen LogP contribution in [0.1, 0.15) is 57.9 Å². The lowest BCUT2D eigenvalue weighted by atomic mass is 9.48. The maximum absolute atomic E-state index is 13.3. The predicted molar refractivity (Wildman–Crippen MR) is 148 cm³/mol. The zero-order chi connectivity index (χ0) is 26.9. The Morgan fingerprint density at radius 2 is 1.79 bits per heavy atom. The molecule has 0 aliphatic heterocycles. The molecule has 0 radical (unpaired) electrons. The van der Waals surface area contributed by atoms with Gasteiger partial charge < -0.3 is 15.4 Å². The van der Waals surface area contributed by atoms with Crippen molar-refractivity contribution in [3.63, 3.8) is 0 Å². The van der Waals surface area contributed by atoms with Crippen LogP contribution in [0.4, 0.5) is 0 Å². The molecule has 4 aliphatic rings. The van der Waals surface area contributed by atoms with Gasteiger partial charge in [0.15, 0.2) is 5.78 Å². The van der Waals surface area contributed by atoms with Gasteiger partial charge in [-0.15, -0.1) is 0 Å². The molecule has 3 saturated carbocycles. The van der Waals surface area contributed by atoms with Crippen molar-refractivity contribution in [2.45, 2.75) is 52.4 Å². The van der Waals surface area contributed by atoms with E-state index >= 15 is 0 Å². The third-order valence-corrected chi connectivity index (χ3v) is 10.1. The van der Waals surface area contributed by atoms with Crippen LogP contribution in [0.3, 0.4) is 0 Å². The minimum Gasteiger partial charge on any atom is -0.497 e. The maximum Gasteiger partial charge on any atom is 0.244 e. The highest BCUT2D eigenvalue weighted by Gasteiger charge is 2.59. The Morgan fingerprint density at radius 3 is 2.55 bits per heavy atom. The fourth-order valence-corrected chi connectivity index (χ4v) is 8.07. The van der Waals surface area contributed by atoms with E-state index in [0.717, 1.165) is 49.8 Å². The van der Waals surface area contributed by atoms with Crippen LogP contribution in [0.2, 0.25) is 0 Å². The molecular formula is C32H40N2O4. The van der Waals surface area contributed by atoms with Gasteiger partial charge in [-0.1, -0.05) is 37.6 Å². The Labute approximate surface area is 226 Å². The van der Waals surface area contributed by atoms with Crippen molar-refractivity contribution in [1.82, 2.24) is 10.6 Å². The molecular weight excluding hydrogens is 476 g/mol. The Morgan fingerprint density at radius 1 is 1.03 bits per heavy atom. The third-order valence-electron chi connectivity index (χ3n) is 10.1. The number of fused-ring (bicyclic) bond motifs is 5. The number of amides is 2. The molecule has 6 nitrogen and oxygen atoms in total. The van der Waals surface area contributed by atoms with Gasteiger partial charge in [0.25, 0.3) is 0 Å². The van der Waals surface area contributed by atoms with Crippen LogP contribution in [0.25, 0.3) is 6.08 Å². The van der Waals surface area contributed by atoms with E-state index in [-0.39, 0.29) is 34.3 Å². The Kier molecular flexibility index (Phi) is 7.34. The van der Waals surface area contributed by atoms with Crippen LogP contribution in [0.15, 0.2) is 54.1 Å². The summed E-state index contributed by atoms with van der Waals surface area (Å²) in [7, 11) is 1.62. The topological polar surface area (TPSA) is 84.5 Å². The summed E-state index contributed by atoms with van der Waals surface area (Å²) in [6.07, 6.45) is 15.4. The molecule has 0 spiro atoms. The standard InChI is InChI=1S/C32H40N2O4/c1-31-16-14-23(35)20-22(31)7-10-25-26-11-12-28(32(26,2)17-15-27(25)31)30(37)34-19-18-33-29(36)13-6-21-4-8-24(38-3)9-5-21/h4-6,8-9,13-14,16,20,25-28H,7,10-12,15,17-19H2,1-3H3,(H,33,36)(H,34,37)/b13-6+/t25-,26-,27-,28+,31-,32-/m0/s1. The summed E-state index contributed by atoms with van der Waals surface area (Å²) in [5, 5.41) is 5.96.